The van der Waals surface area contributed by atoms with Crippen molar-refractivity contribution in [2.75, 3.05) is 70.9 Å². The van der Waals surface area contributed by atoms with Gasteiger partial charge in [0.1, 0.15) is 11.5 Å². The van der Waals surface area contributed by atoms with E-state index >= 15 is 0 Å². The van der Waals surface area contributed by atoms with Crippen LogP contribution >= 0.6 is 0 Å². The number of amides is 2. The molecule has 9 heteroatoms. The number of carbonyl (C=O) groups excluding carboxylic acids is 2. The van der Waals surface area contributed by atoms with Gasteiger partial charge in [0.2, 0.25) is 11.8 Å². The maximum absolute atomic E-state index is 12.5. The Hall–Kier alpha value is -3.30. The van der Waals surface area contributed by atoms with E-state index in [9.17, 15) is 9.59 Å². The number of carbonyl (C=O) groups is 2. The number of rotatable bonds is 10. The Labute approximate surface area is 201 Å². The number of ether oxygens (including phenoxy) is 3. The molecule has 1 saturated heterocycles. The Kier molecular flexibility index (Phi) is 9.12. The summed E-state index contributed by atoms with van der Waals surface area (Å²) in [4.78, 5) is 28.9. The second-order valence-corrected chi connectivity index (χ2v) is 8.26. The molecule has 1 aliphatic heterocycles. The van der Waals surface area contributed by atoms with Crippen molar-refractivity contribution in [3.8, 4) is 11.5 Å². The van der Waals surface area contributed by atoms with Gasteiger partial charge in [-0.3, -0.25) is 14.5 Å². The number of benzene rings is 2. The summed E-state index contributed by atoms with van der Waals surface area (Å²) < 4.78 is 16.1. The second kappa shape index (κ2) is 12.2. The number of hydrogen-bond acceptors (Lipinski definition) is 7. The first kappa shape index (κ1) is 25.3. The fourth-order valence-corrected chi connectivity index (χ4v) is 3.87. The summed E-state index contributed by atoms with van der Waals surface area (Å²) in [7, 11) is 4.91. The van der Waals surface area contributed by atoms with Crippen LogP contribution in [0.3, 0.4) is 0 Å². The molecule has 3 rings (SSSR count). The average Bonchev–Trinajstić information content (AvgIpc) is 2.84. The van der Waals surface area contributed by atoms with Crippen molar-refractivity contribution in [3.63, 3.8) is 0 Å². The van der Waals surface area contributed by atoms with Crippen molar-refractivity contribution in [3.05, 3.63) is 48.0 Å². The van der Waals surface area contributed by atoms with Crippen LogP contribution in [0, 0.1) is 0 Å². The lowest BCUT2D eigenvalue weighted by Gasteiger charge is -2.28. The molecule has 34 heavy (non-hydrogen) atoms. The zero-order valence-corrected chi connectivity index (χ0v) is 20.3. The number of anilines is 2. The fraction of sp³-hybridized carbons (Fsp3) is 0.440. The third kappa shape index (κ3) is 7.10. The molecule has 0 radical (unpaired) electrons. The Balaban J connectivity index is 1.47. The number of likely N-dealkylation sites (N-methyl/N-ethyl adjacent to an activating group) is 1. The van der Waals surface area contributed by atoms with E-state index < -0.39 is 0 Å². The monoisotopic (exact) mass is 470 g/mol. The SMILES string of the molecule is COc1ccc(OC)c(C(C)NC(=O)CN(C)CC(=O)Nc2ccc(N3CCOCC3)cc2)c1. The van der Waals surface area contributed by atoms with Gasteiger partial charge in [-0.15, -0.1) is 0 Å². The van der Waals surface area contributed by atoms with E-state index in [1.165, 1.54) is 0 Å². The van der Waals surface area contributed by atoms with Crippen LogP contribution in [0.5, 0.6) is 11.5 Å². The van der Waals surface area contributed by atoms with Gasteiger partial charge in [-0.05, 0) is 56.4 Å². The van der Waals surface area contributed by atoms with Gasteiger partial charge in [-0.2, -0.15) is 0 Å². The summed E-state index contributed by atoms with van der Waals surface area (Å²) in [5, 5.41) is 5.84. The molecule has 2 aromatic carbocycles. The predicted octanol–water partition coefficient (Wildman–Crippen LogP) is 2.29. The van der Waals surface area contributed by atoms with E-state index in [2.05, 4.69) is 15.5 Å². The van der Waals surface area contributed by atoms with Gasteiger partial charge in [0, 0.05) is 30.0 Å². The third-order valence-corrected chi connectivity index (χ3v) is 5.64. The minimum atomic E-state index is -0.287. The minimum Gasteiger partial charge on any atom is -0.497 e. The summed E-state index contributed by atoms with van der Waals surface area (Å²) in [5.41, 5.74) is 2.64. The van der Waals surface area contributed by atoms with Gasteiger partial charge in [0.15, 0.2) is 0 Å². The van der Waals surface area contributed by atoms with Crippen LogP contribution in [-0.2, 0) is 14.3 Å². The van der Waals surface area contributed by atoms with Gasteiger partial charge in [-0.1, -0.05) is 0 Å². The zero-order valence-electron chi connectivity index (χ0n) is 20.3. The molecule has 2 amide bonds. The maximum Gasteiger partial charge on any atom is 0.238 e. The van der Waals surface area contributed by atoms with Crippen LogP contribution in [0.25, 0.3) is 0 Å². The molecule has 2 N–H and O–H groups in total. The molecule has 2 aromatic rings. The molecule has 9 nitrogen and oxygen atoms in total. The topological polar surface area (TPSA) is 92.4 Å². The number of nitrogens with one attached hydrogen (secondary N) is 2. The molecule has 1 atom stereocenters. The van der Waals surface area contributed by atoms with E-state index in [1.54, 1.807) is 38.3 Å². The third-order valence-electron chi connectivity index (χ3n) is 5.64. The van der Waals surface area contributed by atoms with Gasteiger partial charge in [0.25, 0.3) is 0 Å². The summed E-state index contributed by atoms with van der Waals surface area (Å²) in [6.07, 6.45) is 0. The largest absolute Gasteiger partial charge is 0.497 e. The van der Waals surface area contributed by atoms with Crippen LogP contribution in [0.15, 0.2) is 42.5 Å². The predicted molar refractivity (Wildman–Crippen MR) is 132 cm³/mol. The summed E-state index contributed by atoms with van der Waals surface area (Å²) in [6.45, 7) is 5.23. The standard InChI is InChI=1S/C25H34N4O5/c1-18(22-15-21(32-3)9-10-23(22)33-4)26-24(30)16-28(2)17-25(31)27-19-5-7-20(8-6-19)29-11-13-34-14-12-29/h5-10,15,18H,11-14,16-17H2,1-4H3,(H,26,30)(H,27,31). The molecule has 1 heterocycles. The highest BCUT2D eigenvalue weighted by Gasteiger charge is 2.17. The maximum atomic E-state index is 12.5. The average molecular weight is 471 g/mol. The molecule has 0 saturated carbocycles. The fourth-order valence-electron chi connectivity index (χ4n) is 3.87. The van der Waals surface area contributed by atoms with Crippen molar-refractivity contribution in [1.29, 1.82) is 0 Å². The first-order valence-electron chi connectivity index (χ1n) is 11.3. The molecule has 0 bridgehead atoms. The molecular formula is C25H34N4O5. The van der Waals surface area contributed by atoms with Crippen LogP contribution in [0.2, 0.25) is 0 Å². The molecule has 0 spiro atoms. The molecule has 0 aromatic heterocycles. The van der Waals surface area contributed by atoms with Gasteiger partial charge in [-0.25, -0.2) is 0 Å². The summed E-state index contributed by atoms with van der Waals surface area (Å²) in [6, 6.07) is 12.9. The van der Waals surface area contributed by atoms with Crippen molar-refractivity contribution in [2.45, 2.75) is 13.0 Å². The van der Waals surface area contributed by atoms with Crippen LogP contribution in [0.4, 0.5) is 11.4 Å². The molecule has 1 unspecified atom stereocenters. The molecule has 1 aliphatic rings. The van der Waals surface area contributed by atoms with Crippen LogP contribution in [-0.4, -0.2) is 77.4 Å². The molecule has 184 valence electrons. The quantitative estimate of drug-likeness (QED) is 0.550. The molecule has 1 fully saturated rings. The Morgan fingerprint density at radius 3 is 2.35 bits per heavy atom. The molecular weight excluding hydrogens is 436 g/mol. The first-order chi connectivity index (χ1) is 16.4. The number of nitrogens with zero attached hydrogens (tertiary/aromatic N) is 2. The van der Waals surface area contributed by atoms with E-state index in [1.807, 2.05) is 37.3 Å². The van der Waals surface area contributed by atoms with E-state index in [-0.39, 0.29) is 30.9 Å². The second-order valence-electron chi connectivity index (χ2n) is 8.26. The molecule has 0 aliphatic carbocycles. The highest BCUT2D eigenvalue weighted by atomic mass is 16.5. The number of morpholine rings is 1. The van der Waals surface area contributed by atoms with Crippen molar-refractivity contribution < 1.29 is 23.8 Å². The minimum absolute atomic E-state index is 0.0833. The Morgan fingerprint density at radius 1 is 1.03 bits per heavy atom. The van der Waals surface area contributed by atoms with Gasteiger partial charge >= 0.3 is 0 Å². The van der Waals surface area contributed by atoms with Crippen molar-refractivity contribution in [2.24, 2.45) is 0 Å². The number of methoxy groups -OCH3 is 2. The Morgan fingerprint density at radius 2 is 1.71 bits per heavy atom. The summed E-state index contributed by atoms with van der Waals surface area (Å²) >= 11 is 0. The summed E-state index contributed by atoms with van der Waals surface area (Å²) in [5.74, 6) is 0.976. The first-order valence-corrected chi connectivity index (χ1v) is 11.3. The van der Waals surface area contributed by atoms with E-state index in [4.69, 9.17) is 14.2 Å². The smallest absolute Gasteiger partial charge is 0.238 e. The highest BCUT2D eigenvalue weighted by Crippen LogP contribution is 2.29. The highest BCUT2D eigenvalue weighted by molar-refractivity contribution is 5.92. The van der Waals surface area contributed by atoms with E-state index in [0.29, 0.717) is 11.5 Å². The van der Waals surface area contributed by atoms with Crippen molar-refractivity contribution in [1.82, 2.24) is 10.2 Å². The van der Waals surface area contributed by atoms with Crippen LogP contribution < -0.4 is 25.0 Å². The normalized spacial score (nSPS) is 14.4. The zero-order chi connectivity index (χ0) is 24.5. The van der Waals surface area contributed by atoms with Crippen LogP contribution in [0.1, 0.15) is 18.5 Å². The lowest BCUT2D eigenvalue weighted by molar-refractivity contribution is -0.123. The lowest BCUT2D eigenvalue weighted by Crippen LogP contribution is -2.39. The lowest BCUT2D eigenvalue weighted by atomic mass is 10.1. The van der Waals surface area contributed by atoms with Crippen molar-refractivity contribution >= 4 is 23.2 Å². The number of hydrogen-bond donors (Lipinski definition) is 2. The Bertz CT molecular complexity index is 960. The van der Waals surface area contributed by atoms with Gasteiger partial charge in [0.05, 0.1) is 46.6 Å². The van der Waals surface area contributed by atoms with E-state index in [0.717, 1.165) is 43.2 Å². The van der Waals surface area contributed by atoms with Gasteiger partial charge < -0.3 is 29.7 Å².